The van der Waals surface area contributed by atoms with Gasteiger partial charge < -0.3 is 9.15 Å². The minimum atomic E-state index is 0.153. The van der Waals surface area contributed by atoms with Crippen LogP contribution >= 0.6 is 0 Å². The van der Waals surface area contributed by atoms with Crippen molar-refractivity contribution in [2.24, 2.45) is 0 Å². The van der Waals surface area contributed by atoms with Crippen LogP contribution in [0.1, 0.15) is 11.6 Å². The number of Topliss-reactive ketones (excluding diaryl/α,β-unsaturated/α-hetero) is 1. The average molecular weight is 352 g/mol. The van der Waals surface area contributed by atoms with Crippen molar-refractivity contribution >= 4 is 16.7 Å². The molecule has 134 valence electrons. The molecule has 0 aromatic carbocycles. The van der Waals surface area contributed by atoms with Crippen molar-refractivity contribution < 1.29 is 13.9 Å². The van der Waals surface area contributed by atoms with Crippen LogP contribution in [0.2, 0.25) is 0 Å². The van der Waals surface area contributed by atoms with Gasteiger partial charge in [-0.3, -0.25) is 14.7 Å². The van der Waals surface area contributed by atoms with Crippen LogP contribution in [0.5, 0.6) is 0 Å². The molecular formula is C19H20N4O3. The van der Waals surface area contributed by atoms with Gasteiger partial charge in [-0.25, -0.2) is 9.97 Å². The highest BCUT2D eigenvalue weighted by Gasteiger charge is 2.15. The number of rotatable bonds is 5. The van der Waals surface area contributed by atoms with E-state index in [0.29, 0.717) is 37.8 Å². The fourth-order valence-corrected chi connectivity index (χ4v) is 3.04. The number of ketones is 1. The lowest BCUT2D eigenvalue weighted by molar-refractivity contribution is -0.120. The second-order valence-corrected chi connectivity index (χ2v) is 6.41. The fraction of sp³-hybridized carbons (Fsp3) is 0.368. The molecular weight excluding hydrogens is 332 g/mol. The van der Waals surface area contributed by atoms with E-state index in [4.69, 9.17) is 9.15 Å². The molecule has 3 aromatic heterocycles. The van der Waals surface area contributed by atoms with E-state index in [1.165, 1.54) is 0 Å². The first-order valence-electron chi connectivity index (χ1n) is 8.68. The van der Waals surface area contributed by atoms with Crippen molar-refractivity contribution in [1.82, 2.24) is 19.9 Å². The summed E-state index contributed by atoms with van der Waals surface area (Å²) in [6.45, 7) is 5.22. The maximum Gasteiger partial charge on any atom is 0.191 e. The van der Waals surface area contributed by atoms with Crippen LogP contribution < -0.4 is 0 Å². The Morgan fingerprint density at radius 3 is 2.81 bits per heavy atom. The number of aryl methyl sites for hydroxylation is 1. The van der Waals surface area contributed by atoms with Crippen molar-refractivity contribution in [1.29, 1.82) is 0 Å². The molecule has 0 saturated carbocycles. The zero-order chi connectivity index (χ0) is 17.9. The van der Waals surface area contributed by atoms with Gasteiger partial charge in [-0.1, -0.05) is 0 Å². The monoisotopic (exact) mass is 352 g/mol. The van der Waals surface area contributed by atoms with Gasteiger partial charge in [0, 0.05) is 37.3 Å². The molecule has 0 radical (unpaired) electrons. The molecule has 0 N–H and O–H groups in total. The Morgan fingerprint density at radius 1 is 1.19 bits per heavy atom. The minimum absolute atomic E-state index is 0.153. The van der Waals surface area contributed by atoms with Crippen LogP contribution in [0.25, 0.3) is 22.4 Å². The summed E-state index contributed by atoms with van der Waals surface area (Å²) in [6, 6.07) is 5.70. The summed E-state index contributed by atoms with van der Waals surface area (Å²) in [7, 11) is 0. The third-order valence-corrected chi connectivity index (χ3v) is 4.39. The van der Waals surface area contributed by atoms with E-state index in [1.807, 2.05) is 18.2 Å². The molecule has 0 spiro atoms. The van der Waals surface area contributed by atoms with Crippen LogP contribution in [0, 0.1) is 6.92 Å². The SMILES string of the molecule is Cc1ncc(-c2ccc3cnc(CC(=O)CN4CCOCC4)cc3n2)o1. The largest absolute Gasteiger partial charge is 0.439 e. The number of carbonyl (C=O) groups excluding carboxylic acids is 1. The Labute approximate surface area is 151 Å². The molecule has 1 aliphatic rings. The van der Waals surface area contributed by atoms with Gasteiger partial charge in [0.25, 0.3) is 0 Å². The van der Waals surface area contributed by atoms with E-state index in [0.717, 1.165) is 35.4 Å². The summed E-state index contributed by atoms with van der Waals surface area (Å²) >= 11 is 0. The zero-order valence-corrected chi connectivity index (χ0v) is 14.6. The average Bonchev–Trinajstić information content (AvgIpc) is 3.08. The normalized spacial score (nSPS) is 15.4. The van der Waals surface area contributed by atoms with E-state index >= 15 is 0 Å². The summed E-state index contributed by atoms with van der Waals surface area (Å²) < 4.78 is 10.8. The van der Waals surface area contributed by atoms with Gasteiger partial charge in [0.15, 0.2) is 17.4 Å². The first-order chi connectivity index (χ1) is 12.7. The number of hydrogen-bond donors (Lipinski definition) is 0. The Balaban J connectivity index is 1.51. The van der Waals surface area contributed by atoms with Gasteiger partial charge in [0.1, 0.15) is 5.69 Å². The predicted molar refractivity (Wildman–Crippen MR) is 95.7 cm³/mol. The Hall–Kier alpha value is -2.64. The molecule has 0 aliphatic carbocycles. The summed E-state index contributed by atoms with van der Waals surface area (Å²) in [4.78, 5) is 27.6. The maximum absolute atomic E-state index is 12.3. The lowest BCUT2D eigenvalue weighted by Crippen LogP contribution is -2.39. The third kappa shape index (κ3) is 3.79. The maximum atomic E-state index is 12.3. The number of pyridine rings is 2. The number of ether oxygens (including phenoxy) is 1. The summed E-state index contributed by atoms with van der Waals surface area (Å²) in [5, 5.41) is 0.925. The molecule has 0 atom stereocenters. The molecule has 1 fully saturated rings. The topological polar surface area (TPSA) is 81.4 Å². The molecule has 4 rings (SSSR count). The second-order valence-electron chi connectivity index (χ2n) is 6.41. The van der Waals surface area contributed by atoms with Crippen LogP contribution in [-0.4, -0.2) is 58.5 Å². The van der Waals surface area contributed by atoms with Gasteiger partial charge in [-0.05, 0) is 18.2 Å². The number of morpholine rings is 1. The number of oxazole rings is 1. The first-order valence-corrected chi connectivity index (χ1v) is 8.68. The van der Waals surface area contributed by atoms with Gasteiger partial charge in [0.05, 0.1) is 37.9 Å². The number of aromatic nitrogens is 3. The van der Waals surface area contributed by atoms with E-state index < -0.39 is 0 Å². The first kappa shape index (κ1) is 16.8. The van der Waals surface area contributed by atoms with Gasteiger partial charge >= 0.3 is 0 Å². The van der Waals surface area contributed by atoms with Gasteiger partial charge in [0.2, 0.25) is 0 Å². The third-order valence-electron chi connectivity index (χ3n) is 4.39. The van der Waals surface area contributed by atoms with Crippen molar-refractivity contribution in [3.05, 3.63) is 42.2 Å². The number of carbonyl (C=O) groups is 1. The predicted octanol–water partition coefficient (Wildman–Crippen LogP) is 2.04. The molecule has 4 heterocycles. The van der Waals surface area contributed by atoms with Gasteiger partial charge in [-0.15, -0.1) is 0 Å². The van der Waals surface area contributed by atoms with Crippen molar-refractivity contribution in [3.63, 3.8) is 0 Å². The zero-order valence-electron chi connectivity index (χ0n) is 14.6. The Bertz CT molecular complexity index is 931. The lowest BCUT2D eigenvalue weighted by atomic mass is 10.1. The molecule has 0 amide bonds. The molecule has 1 aliphatic heterocycles. The van der Waals surface area contributed by atoms with E-state index in [-0.39, 0.29) is 5.78 Å². The molecule has 26 heavy (non-hydrogen) atoms. The lowest BCUT2D eigenvalue weighted by Gasteiger charge is -2.25. The van der Waals surface area contributed by atoms with Crippen molar-refractivity contribution in [2.75, 3.05) is 32.8 Å². The molecule has 0 bridgehead atoms. The molecule has 7 heteroatoms. The number of nitrogens with zero attached hydrogens (tertiary/aromatic N) is 4. The van der Waals surface area contributed by atoms with E-state index in [1.54, 1.807) is 19.3 Å². The second kappa shape index (κ2) is 7.31. The van der Waals surface area contributed by atoms with Crippen molar-refractivity contribution in [3.8, 4) is 11.5 Å². The smallest absolute Gasteiger partial charge is 0.191 e. The Kier molecular flexibility index (Phi) is 4.73. The summed E-state index contributed by atoms with van der Waals surface area (Å²) in [6.07, 6.45) is 3.73. The molecule has 7 nitrogen and oxygen atoms in total. The summed E-state index contributed by atoms with van der Waals surface area (Å²) in [5.41, 5.74) is 2.24. The fourth-order valence-electron chi connectivity index (χ4n) is 3.04. The highest BCUT2D eigenvalue weighted by atomic mass is 16.5. The molecule has 3 aromatic rings. The molecule has 1 saturated heterocycles. The van der Waals surface area contributed by atoms with Crippen molar-refractivity contribution in [2.45, 2.75) is 13.3 Å². The molecule has 0 unspecified atom stereocenters. The standard InChI is InChI=1S/C19H20N4O3/c1-13-20-11-19(26-13)17-3-2-14-10-21-15(9-18(14)22-17)8-16(24)12-23-4-6-25-7-5-23/h2-3,9-11H,4-8,12H2,1H3. The number of fused-ring (bicyclic) bond motifs is 1. The minimum Gasteiger partial charge on any atom is -0.439 e. The van der Waals surface area contributed by atoms with E-state index in [2.05, 4.69) is 19.9 Å². The van der Waals surface area contributed by atoms with E-state index in [9.17, 15) is 4.79 Å². The number of hydrogen-bond acceptors (Lipinski definition) is 7. The summed E-state index contributed by atoms with van der Waals surface area (Å²) in [5.74, 6) is 1.39. The quantitative estimate of drug-likeness (QED) is 0.695. The van der Waals surface area contributed by atoms with Crippen LogP contribution in [0.15, 0.2) is 35.0 Å². The van der Waals surface area contributed by atoms with Crippen LogP contribution in [0.4, 0.5) is 0 Å². The van der Waals surface area contributed by atoms with Crippen LogP contribution in [-0.2, 0) is 16.0 Å². The Morgan fingerprint density at radius 2 is 2.04 bits per heavy atom. The highest BCUT2D eigenvalue weighted by Crippen LogP contribution is 2.21. The highest BCUT2D eigenvalue weighted by molar-refractivity contribution is 5.85. The van der Waals surface area contributed by atoms with Crippen LogP contribution in [0.3, 0.4) is 0 Å². The van der Waals surface area contributed by atoms with Gasteiger partial charge in [-0.2, -0.15) is 0 Å².